The topological polar surface area (TPSA) is 65.7 Å². The Hall–Kier alpha value is -2.56. The van der Waals surface area contributed by atoms with Gasteiger partial charge in [0.1, 0.15) is 5.75 Å². The molecule has 0 atom stereocenters. The van der Waals surface area contributed by atoms with Gasteiger partial charge in [-0.3, -0.25) is 0 Å². The molecule has 0 aliphatic carbocycles. The van der Waals surface area contributed by atoms with Crippen molar-refractivity contribution in [3.8, 4) is 17.2 Å². The van der Waals surface area contributed by atoms with E-state index < -0.39 is 0 Å². The van der Waals surface area contributed by atoms with Crippen molar-refractivity contribution >= 4 is 17.1 Å². The largest absolute Gasteiger partial charge is 0.497 e. The molecule has 1 aliphatic rings. The first kappa shape index (κ1) is 13.4. The van der Waals surface area contributed by atoms with E-state index in [0.717, 1.165) is 35.0 Å². The SMILES string of the molecule is COc1ccc(Nc2ccc3c(c2)OCCCO3)c(N)c1. The number of ether oxygens (including phenoxy) is 3. The fourth-order valence-corrected chi connectivity index (χ4v) is 2.18. The quantitative estimate of drug-likeness (QED) is 0.848. The third kappa shape index (κ3) is 2.97. The van der Waals surface area contributed by atoms with Crippen LogP contribution in [0.2, 0.25) is 0 Å². The lowest BCUT2D eigenvalue weighted by atomic mass is 10.2. The Labute approximate surface area is 123 Å². The summed E-state index contributed by atoms with van der Waals surface area (Å²) in [7, 11) is 1.62. The predicted molar refractivity (Wildman–Crippen MR) is 82.7 cm³/mol. The molecule has 0 unspecified atom stereocenters. The van der Waals surface area contributed by atoms with Crippen LogP contribution in [-0.2, 0) is 0 Å². The average Bonchev–Trinajstić information content (AvgIpc) is 2.74. The Morgan fingerprint density at radius 2 is 1.86 bits per heavy atom. The Balaban J connectivity index is 1.83. The van der Waals surface area contributed by atoms with Crippen LogP contribution in [0.15, 0.2) is 36.4 Å². The van der Waals surface area contributed by atoms with Crippen molar-refractivity contribution in [1.82, 2.24) is 0 Å². The molecule has 0 saturated heterocycles. The van der Waals surface area contributed by atoms with Gasteiger partial charge in [0.15, 0.2) is 11.5 Å². The molecule has 5 nitrogen and oxygen atoms in total. The maximum Gasteiger partial charge on any atom is 0.163 e. The highest BCUT2D eigenvalue weighted by Crippen LogP contribution is 2.34. The van der Waals surface area contributed by atoms with Gasteiger partial charge in [-0.25, -0.2) is 0 Å². The number of nitrogens with two attached hydrogens (primary N) is 1. The van der Waals surface area contributed by atoms with Crippen LogP contribution >= 0.6 is 0 Å². The molecule has 1 heterocycles. The summed E-state index contributed by atoms with van der Waals surface area (Å²) < 4.78 is 16.4. The van der Waals surface area contributed by atoms with E-state index in [1.165, 1.54) is 0 Å². The van der Waals surface area contributed by atoms with E-state index in [1.54, 1.807) is 13.2 Å². The molecule has 1 aliphatic heterocycles. The number of nitrogens with one attached hydrogen (secondary N) is 1. The summed E-state index contributed by atoms with van der Waals surface area (Å²) in [5, 5.41) is 3.28. The van der Waals surface area contributed by atoms with Crippen LogP contribution in [0.5, 0.6) is 17.2 Å². The van der Waals surface area contributed by atoms with Crippen LogP contribution in [0.4, 0.5) is 17.1 Å². The van der Waals surface area contributed by atoms with Gasteiger partial charge in [-0.15, -0.1) is 0 Å². The second-order valence-electron chi connectivity index (χ2n) is 4.79. The van der Waals surface area contributed by atoms with Gasteiger partial charge in [0.2, 0.25) is 0 Å². The number of methoxy groups -OCH3 is 1. The van der Waals surface area contributed by atoms with Gasteiger partial charge in [0, 0.05) is 24.2 Å². The van der Waals surface area contributed by atoms with Gasteiger partial charge in [0.05, 0.1) is 31.7 Å². The Morgan fingerprint density at radius 3 is 2.62 bits per heavy atom. The summed E-state index contributed by atoms with van der Waals surface area (Å²) in [6.07, 6.45) is 0.892. The second-order valence-corrected chi connectivity index (χ2v) is 4.79. The van der Waals surface area contributed by atoms with Crippen molar-refractivity contribution in [2.45, 2.75) is 6.42 Å². The maximum absolute atomic E-state index is 6.01. The minimum absolute atomic E-state index is 0.626. The molecular formula is C16H18N2O3. The molecule has 5 heteroatoms. The van der Waals surface area contributed by atoms with Crippen LogP contribution in [0.3, 0.4) is 0 Å². The first-order valence-corrected chi connectivity index (χ1v) is 6.86. The molecule has 3 N–H and O–H groups in total. The summed E-state index contributed by atoms with van der Waals surface area (Å²) in [6, 6.07) is 11.3. The van der Waals surface area contributed by atoms with Crippen molar-refractivity contribution in [1.29, 1.82) is 0 Å². The zero-order valence-electron chi connectivity index (χ0n) is 11.9. The van der Waals surface area contributed by atoms with Crippen LogP contribution < -0.4 is 25.3 Å². The van der Waals surface area contributed by atoms with Gasteiger partial charge >= 0.3 is 0 Å². The molecule has 0 aromatic heterocycles. The van der Waals surface area contributed by atoms with E-state index in [-0.39, 0.29) is 0 Å². The standard InChI is InChI=1S/C16H18N2O3/c1-19-12-4-5-14(13(17)10-12)18-11-3-6-15-16(9-11)21-8-2-7-20-15/h3-6,9-10,18H,2,7-8,17H2,1H3. The lowest BCUT2D eigenvalue weighted by Gasteiger charge is -2.13. The lowest BCUT2D eigenvalue weighted by Crippen LogP contribution is -1.98. The highest BCUT2D eigenvalue weighted by atomic mass is 16.5. The molecule has 2 aromatic carbocycles. The third-order valence-corrected chi connectivity index (χ3v) is 3.29. The minimum atomic E-state index is 0.626. The van der Waals surface area contributed by atoms with Crippen LogP contribution in [0.25, 0.3) is 0 Å². The first-order valence-electron chi connectivity index (χ1n) is 6.86. The first-order chi connectivity index (χ1) is 10.3. The van der Waals surface area contributed by atoms with Gasteiger partial charge in [0.25, 0.3) is 0 Å². The fourth-order valence-electron chi connectivity index (χ4n) is 2.18. The van der Waals surface area contributed by atoms with Gasteiger partial charge in [-0.05, 0) is 24.3 Å². The summed E-state index contributed by atoms with van der Waals surface area (Å²) in [6.45, 7) is 1.35. The van der Waals surface area contributed by atoms with E-state index in [1.807, 2.05) is 30.3 Å². The zero-order chi connectivity index (χ0) is 14.7. The monoisotopic (exact) mass is 286 g/mol. The van der Waals surface area contributed by atoms with Crippen molar-refractivity contribution in [2.24, 2.45) is 0 Å². The van der Waals surface area contributed by atoms with Crippen molar-refractivity contribution in [3.63, 3.8) is 0 Å². The second kappa shape index (κ2) is 5.83. The van der Waals surface area contributed by atoms with Crippen LogP contribution in [0, 0.1) is 0 Å². The highest BCUT2D eigenvalue weighted by Gasteiger charge is 2.11. The van der Waals surface area contributed by atoms with E-state index in [0.29, 0.717) is 18.9 Å². The number of benzene rings is 2. The third-order valence-electron chi connectivity index (χ3n) is 3.29. The number of hydrogen-bond donors (Lipinski definition) is 2. The molecular weight excluding hydrogens is 268 g/mol. The summed E-state index contributed by atoms with van der Waals surface area (Å²) in [4.78, 5) is 0. The molecule has 0 amide bonds. The van der Waals surface area contributed by atoms with Crippen LogP contribution in [0.1, 0.15) is 6.42 Å². The fraction of sp³-hybridized carbons (Fsp3) is 0.250. The van der Waals surface area contributed by atoms with Crippen molar-refractivity contribution < 1.29 is 14.2 Å². The lowest BCUT2D eigenvalue weighted by molar-refractivity contribution is 0.297. The van der Waals surface area contributed by atoms with Gasteiger partial charge in [-0.2, -0.15) is 0 Å². The molecule has 2 aromatic rings. The molecule has 21 heavy (non-hydrogen) atoms. The summed E-state index contributed by atoms with van der Waals surface area (Å²) in [5.41, 5.74) is 8.36. The summed E-state index contributed by atoms with van der Waals surface area (Å²) in [5.74, 6) is 2.27. The number of anilines is 3. The smallest absolute Gasteiger partial charge is 0.163 e. The zero-order valence-corrected chi connectivity index (χ0v) is 11.9. The molecule has 0 fully saturated rings. The number of fused-ring (bicyclic) bond motifs is 1. The Kier molecular flexibility index (Phi) is 3.73. The van der Waals surface area contributed by atoms with E-state index in [2.05, 4.69) is 5.32 Å². The average molecular weight is 286 g/mol. The predicted octanol–water partition coefficient (Wildman–Crippen LogP) is 3.18. The number of hydrogen-bond acceptors (Lipinski definition) is 5. The van der Waals surface area contributed by atoms with Crippen molar-refractivity contribution in [2.75, 3.05) is 31.4 Å². The normalized spacial score (nSPS) is 13.4. The molecule has 0 saturated carbocycles. The molecule has 3 rings (SSSR count). The van der Waals surface area contributed by atoms with E-state index in [4.69, 9.17) is 19.9 Å². The maximum atomic E-state index is 6.01. The minimum Gasteiger partial charge on any atom is -0.497 e. The van der Waals surface area contributed by atoms with Gasteiger partial charge < -0.3 is 25.3 Å². The van der Waals surface area contributed by atoms with E-state index >= 15 is 0 Å². The molecule has 110 valence electrons. The number of nitrogen functional groups attached to an aromatic ring is 1. The van der Waals surface area contributed by atoms with Gasteiger partial charge in [-0.1, -0.05) is 0 Å². The highest BCUT2D eigenvalue weighted by molar-refractivity contribution is 5.74. The van der Waals surface area contributed by atoms with Crippen molar-refractivity contribution in [3.05, 3.63) is 36.4 Å². The molecule has 0 spiro atoms. The molecule has 0 bridgehead atoms. The van der Waals surface area contributed by atoms with E-state index in [9.17, 15) is 0 Å². The Bertz CT molecular complexity index is 643. The summed E-state index contributed by atoms with van der Waals surface area (Å²) >= 11 is 0. The van der Waals surface area contributed by atoms with Crippen LogP contribution in [-0.4, -0.2) is 20.3 Å². The number of rotatable bonds is 3. The Morgan fingerprint density at radius 1 is 1.05 bits per heavy atom. The molecule has 0 radical (unpaired) electrons.